The average molecular weight is 951 g/mol. The summed E-state index contributed by atoms with van der Waals surface area (Å²) >= 11 is 5.73. The third kappa shape index (κ3) is 11.8. The minimum Gasteiger partial charge on any atom is -0.422 e. The van der Waals surface area contributed by atoms with Crippen LogP contribution in [0.5, 0.6) is 5.75 Å². The number of benzene rings is 1. The molecule has 5 aromatic heterocycles. The van der Waals surface area contributed by atoms with Gasteiger partial charge in [-0.15, -0.1) is 11.6 Å². The van der Waals surface area contributed by atoms with Gasteiger partial charge in [-0.2, -0.15) is 9.97 Å². The van der Waals surface area contributed by atoms with Crippen molar-refractivity contribution < 1.29 is 41.5 Å². The van der Waals surface area contributed by atoms with Crippen LogP contribution in [0.15, 0.2) is 57.0 Å². The Bertz CT molecular complexity index is 2800. The summed E-state index contributed by atoms with van der Waals surface area (Å²) in [5, 5.41) is 10.8. The zero-order valence-corrected chi connectivity index (χ0v) is 38.0. The van der Waals surface area contributed by atoms with Crippen LogP contribution in [0.4, 0.5) is 17.8 Å². The number of aromatic amines is 2. The number of nitro groups is 1. The summed E-state index contributed by atoms with van der Waals surface area (Å²) in [5.41, 5.74) is 13.0. The van der Waals surface area contributed by atoms with Crippen molar-refractivity contribution in [2.45, 2.75) is 65.3 Å². The van der Waals surface area contributed by atoms with Crippen LogP contribution in [0.3, 0.4) is 0 Å². The largest absolute Gasteiger partial charge is 0.433 e. The summed E-state index contributed by atoms with van der Waals surface area (Å²) in [6, 6.07) is 8.41. The van der Waals surface area contributed by atoms with Crippen LogP contribution in [-0.2, 0) is 59.4 Å². The summed E-state index contributed by atoms with van der Waals surface area (Å²) in [6.07, 6.45) is 3.93. The van der Waals surface area contributed by atoms with Gasteiger partial charge in [0.25, 0.3) is 18.6 Å². The first-order valence-corrected chi connectivity index (χ1v) is 23.8. The Kier molecular flexibility index (Phi) is 15.4. The number of nitrogen functional groups attached to an aromatic ring is 2. The number of furan rings is 1. The molecule has 0 bridgehead atoms. The molecule has 1 aliphatic rings. The van der Waals surface area contributed by atoms with Crippen molar-refractivity contribution in [1.29, 1.82) is 0 Å². The predicted molar refractivity (Wildman–Crippen MR) is 235 cm³/mol. The number of alkyl halides is 1. The van der Waals surface area contributed by atoms with Crippen molar-refractivity contribution in [2.24, 2.45) is 0 Å². The highest BCUT2D eigenvalue weighted by Crippen LogP contribution is 2.55. The summed E-state index contributed by atoms with van der Waals surface area (Å²) in [6.45, 7) is 7.58. The topological polar surface area (TPSA) is 319 Å². The molecule has 0 fully saturated rings. The van der Waals surface area contributed by atoms with E-state index >= 15 is 0 Å². The number of anilines is 2. The standard InChI is InChI=1S/C19H24N5O5P.C18H25ClN7O7P/c1-19(2,3)13-6-4-5-12-9-28-30(26,29-15(12)13)11-27-8-7-24-10-21-14-16(24)22-18(20)23-17(14)25;1-24(7-3-2-6-19)34(30,32-10-13-4-5-14(33-13)26(28)29)12-31-9-8-25-11-21-15-16(25)22-18(20)23-17(15)27/h4-6,10H,7-9,11H2,1-3H3,(H3,20,22,23,25);4-5,11H,2-3,6-10,12H2,1H3,(H3,20,22,23,27). The maximum Gasteiger partial charge on any atom is 0.433 e. The lowest BCUT2D eigenvalue weighted by Gasteiger charge is -2.31. The van der Waals surface area contributed by atoms with E-state index in [1.165, 1.54) is 24.8 Å². The molecule has 24 nitrogen and oxygen atoms in total. The molecule has 1 aromatic carbocycles. The van der Waals surface area contributed by atoms with Gasteiger partial charge in [0, 0.05) is 36.6 Å². The van der Waals surface area contributed by atoms with E-state index in [-0.39, 0.29) is 79.8 Å². The van der Waals surface area contributed by atoms with Crippen LogP contribution in [-0.4, -0.2) is 94.0 Å². The van der Waals surface area contributed by atoms with Gasteiger partial charge in [0.15, 0.2) is 28.7 Å². The number of hydrogen-bond donors (Lipinski definition) is 4. The van der Waals surface area contributed by atoms with Crippen LogP contribution >= 0.6 is 26.7 Å². The van der Waals surface area contributed by atoms with Gasteiger partial charge in [-0.1, -0.05) is 39.0 Å². The molecular weight excluding hydrogens is 902 g/mol. The Morgan fingerprint density at radius 2 is 1.61 bits per heavy atom. The highest BCUT2D eigenvalue weighted by Gasteiger charge is 2.36. The van der Waals surface area contributed by atoms with Gasteiger partial charge < -0.3 is 43.5 Å². The van der Waals surface area contributed by atoms with Crippen molar-refractivity contribution in [2.75, 3.05) is 56.8 Å². The second kappa shape index (κ2) is 20.6. The van der Waals surface area contributed by atoms with Crippen molar-refractivity contribution in [3.8, 4) is 5.75 Å². The van der Waals surface area contributed by atoms with Crippen LogP contribution in [0, 0.1) is 10.1 Å². The molecule has 0 spiro atoms. The first kappa shape index (κ1) is 48.0. The van der Waals surface area contributed by atoms with Gasteiger partial charge in [0.05, 0.1) is 38.5 Å². The van der Waals surface area contributed by atoms with Gasteiger partial charge in [-0.05, 0) is 31.4 Å². The molecule has 1 aliphatic heterocycles. The van der Waals surface area contributed by atoms with Gasteiger partial charge in [0.1, 0.15) is 29.4 Å². The Labute approximate surface area is 369 Å². The summed E-state index contributed by atoms with van der Waals surface area (Å²) < 4.78 is 64.8. The molecular formula is C37H49ClN12O12P2. The number of unbranched alkanes of at least 4 members (excludes halogenated alkanes) is 1. The zero-order chi connectivity index (χ0) is 46.2. The fourth-order valence-corrected chi connectivity index (χ4v) is 9.43. The lowest BCUT2D eigenvalue weighted by Crippen LogP contribution is -2.22. The lowest BCUT2D eigenvalue weighted by atomic mass is 9.85. The Balaban J connectivity index is 0.000000214. The number of nitrogens with one attached hydrogen (secondary N) is 2. The highest BCUT2D eigenvalue weighted by atomic mass is 35.5. The van der Waals surface area contributed by atoms with E-state index in [0.717, 1.165) is 17.5 Å². The molecule has 0 radical (unpaired) electrons. The summed E-state index contributed by atoms with van der Waals surface area (Å²) in [5.74, 6) is 0.807. The Morgan fingerprint density at radius 1 is 0.984 bits per heavy atom. The molecule has 27 heteroatoms. The molecule has 0 saturated heterocycles. The maximum absolute atomic E-state index is 13.6. The number of H-pyrrole nitrogens is 2. The number of nitrogens with zero attached hydrogens (tertiary/aromatic N) is 8. The SMILES string of the molecule is CC(C)(C)c1cccc2c1OP(=O)(COCCn1cnc3c(=O)[nH]c(N)nc31)OC2.CN(CCCCCl)P(=O)(COCCn1cnc2c(=O)[nH]c(N)nc21)OCc1ccc([N+](=O)[O-])o1. The smallest absolute Gasteiger partial charge is 0.422 e. The van der Waals surface area contributed by atoms with Gasteiger partial charge >= 0.3 is 13.5 Å². The second-order valence-corrected chi connectivity index (χ2v) is 20.2. The third-order valence-electron chi connectivity index (χ3n) is 9.62. The van der Waals surface area contributed by atoms with Crippen molar-refractivity contribution in [3.05, 3.63) is 90.7 Å². The van der Waals surface area contributed by atoms with Gasteiger partial charge in [-0.25, -0.2) is 19.2 Å². The van der Waals surface area contributed by atoms with E-state index in [2.05, 4.69) is 50.7 Å². The number of nitrogens with two attached hydrogens (primary N) is 2. The number of hydrogen-bond acceptors (Lipinski definition) is 18. The summed E-state index contributed by atoms with van der Waals surface area (Å²) in [7, 11) is -5.28. The summed E-state index contributed by atoms with van der Waals surface area (Å²) in [4.78, 5) is 54.9. The van der Waals surface area contributed by atoms with Crippen molar-refractivity contribution in [1.82, 2.24) is 43.7 Å². The number of rotatable bonds is 19. The third-order valence-corrected chi connectivity index (χ3v) is 13.6. The minimum absolute atomic E-state index is 0.0110. The molecule has 2 unspecified atom stereocenters. The monoisotopic (exact) mass is 950 g/mol. The number of imidazole rings is 2. The number of halogens is 1. The molecule has 0 amide bonds. The molecule has 6 heterocycles. The maximum atomic E-state index is 13.6. The van der Waals surface area contributed by atoms with Crippen LogP contribution in [0.25, 0.3) is 22.3 Å². The van der Waals surface area contributed by atoms with E-state index in [1.807, 2.05) is 18.2 Å². The molecule has 346 valence electrons. The molecule has 0 saturated carbocycles. The fraction of sp³-hybridized carbons (Fsp3) is 0.459. The first-order chi connectivity index (χ1) is 30.4. The zero-order valence-electron chi connectivity index (χ0n) is 35.4. The molecule has 0 aliphatic carbocycles. The normalized spacial score (nSPS) is 16.0. The highest BCUT2D eigenvalue weighted by molar-refractivity contribution is 7.56. The second-order valence-electron chi connectivity index (χ2n) is 15.4. The van der Waals surface area contributed by atoms with E-state index in [1.54, 1.807) is 20.9 Å². The van der Waals surface area contributed by atoms with Crippen molar-refractivity contribution in [3.63, 3.8) is 0 Å². The van der Waals surface area contributed by atoms with Crippen LogP contribution in [0.1, 0.15) is 50.5 Å². The number of aromatic nitrogens is 8. The van der Waals surface area contributed by atoms with Crippen LogP contribution in [0.2, 0.25) is 0 Å². The number of fused-ring (bicyclic) bond motifs is 3. The van der Waals surface area contributed by atoms with E-state index in [9.17, 15) is 28.8 Å². The predicted octanol–water partition coefficient (Wildman–Crippen LogP) is 5.31. The first-order valence-electron chi connectivity index (χ1n) is 19.8. The molecule has 6 aromatic rings. The Hall–Kier alpha value is -5.45. The number of para-hydroxylation sites is 1. The average Bonchev–Trinajstić information content (AvgIpc) is 4.00. The lowest BCUT2D eigenvalue weighted by molar-refractivity contribution is -0.402. The van der Waals surface area contributed by atoms with Gasteiger partial charge in [-0.3, -0.25) is 38.8 Å². The van der Waals surface area contributed by atoms with Crippen molar-refractivity contribution >= 4 is 66.8 Å². The fourth-order valence-electron chi connectivity index (χ4n) is 6.27. The number of ether oxygens (including phenoxy) is 2. The van der Waals surface area contributed by atoms with Gasteiger partial charge in [0.2, 0.25) is 11.9 Å². The van der Waals surface area contributed by atoms with E-state index in [4.69, 9.17) is 50.5 Å². The molecule has 6 N–H and O–H groups in total. The molecule has 7 rings (SSSR count). The van der Waals surface area contributed by atoms with Crippen LogP contribution < -0.4 is 27.1 Å². The minimum atomic E-state index is -3.48. The molecule has 2 atom stereocenters. The van der Waals surface area contributed by atoms with E-state index in [0.29, 0.717) is 42.4 Å². The quantitative estimate of drug-likeness (QED) is 0.0263. The van der Waals surface area contributed by atoms with E-state index < -0.39 is 37.0 Å². The molecule has 64 heavy (non-hydrogen) atoms. The Morgan fingerprint density at radius 3 is 2.19 bits per heavy atom.